The molecule has 0 saturated heterocycles. The molecule has 0 spiro atoms. The van der Waals surface area contributed by atoms with Gasteiger partial charge in [0.1, 0.15) is 5.71 Å². The van der Waals surface area contributed by atoms with Gasteiger partial charge in [0.25, 0.3) is 0 Å². The van der Waals surface area contributed by atoms with Crippen LogP contribution in [0.25, 0.3) is 0 Å². The maximum absolute atomic E-state index is 5.08. The second-order valence-corrected chi connectivity index (χ2v) is 4.98. The van der Waals surface area contributed by atoms with Crippen LogP contribution in [0.1, 0.15) is 11.4 Å². The molecule has 0 saturated carbocycles. The number of pyridine rings is 2. The van der Waals surface area contributed by atoms with Gasteiger partial charge >= 0.3 is 17.1 Å². The van der Waals surface area contributed by atoms with Gasteiger partial charge in [-0.05, 0) is 30.5 Å². The summed E-state index contributed by atoms with van der Waals surface area (Å²) in [6.45, 7) is 0. The maximum Gasteiger partial charge on any atom is 2.00 e. The smallest absolute Gasteiger partial charge is 0.262 e. The summed E-state index contributed by atoms with van der Waals surface area (Å²) >= 11 is 6.51. The van der Waals surface area contributed by atoms with Crippen LogP contribution in [0.3, 0.4) is 0 Å². The first-order chi connectivity index (χ1) is 9.31. The summed E-state index contributed by atoms with van der Waals surface area (Å²) in [6, 6.07) is 11.3. The number of nitrogens with zero attached hydrogens (tertiary/aromatic N) is 3. The number of nitrogens with one attached hydrogen (secondary N) is 1. The van der Waals surface area contributed by atoms with Gasteiger partial charge in [0, 0.05) is 12.4 Å². The van der Waals surface area contributed by atoms with Gasteiger partial charge in [-0.25, -0.2) is 0 Å². The Balaban J connectivity index is 0.00000200. The van der Waals surface area contributed by atoms with Crippen molar-refractivity contribution in [2.45, 2.75) is 0 Å². The molecular weight excluding hydrogens is 420 g/mol. The van der Waals surface area contributed by atoms with E-state index in [1.54, 1.807) is 12.4 Å². The van der Waals surface area contributed by atoms with E-state index in [1.165, 1.54) is 11.8 Å². The van der Waals surface area contributed by atoms with E-state index in [2.05, 4.69) is 20.5 Å². The Morgan fingerprint density at radius 3 is 2.00 bits per heavy atom. The molecule has 2 aromatic rings. The summed E-state index contributed by atoms with van der Waals surface area (Å²) in [4.78, 5) is 8.60. The fraction of sp³-hybridized carbons (Fsp3) is 0.0769. The largest absolute Gasteiger partial charge is 2.00 e. The van der Waals surface area contributed by atoms with Crippen molar-refractivity contribution in [2.75, 3.05) is 6.26 Å². The van der Waals surface area contributed by atoms with Crippen molar-refractivity contribution in [3.8, 4) is 0 Å². The summed E-state index contributed by atoms with van der Waals surface area (Å²) in [5, 5.41) is 4.31. The van der Waals surface area contributed by atoms with E-state index in [-0.39, 0.29) is 34.1 Å². The standard InChI is InChI=1S/C13H12N4S2.BrH.Cu/c1-19-13(18)17-16-12(10-6-2-4-8-14-10)11-7-3-5-9-15-11;;/h2-9H,1H3,(H,17,18);1H;/q;;+2. The predicted molar refractivity (Wildman–Crippen MR) is 93.7 cm³/mol. The normalized spacial score (nSPS) is 8.81. The Kier molecular flexibility index (Phi) is 10.5. The van der Waals surface area contributed by atoms with Crippen LogP contribution in [-0.4, -0.2) is 26.3 Å². The second kappa shape index (κ2) is 10.9. The van der Waals surface area contributed by atoms with E-state index in [4.69, 9.17) is 12.2 Å². The summed E-state index contributed by atoms with van der Waals surface area (Å²) in [7, 11) is 0. The number of thiocarbonyl (C=S) groups is 1. The SMILES string of the molecule is Br.CSC(=S)NN=C(c1ccccn1)c1ccccn1.[Cu+2]. The molecule has 0 fully saturated rings. The third-order valence-corrected chi connectivity index (χ3v) is 3.31. The van der Waals surface area contributed by atoms with Gasteiger partial charge in [-0.1, -0.05) is 36.1 Å². The van der Waals surface area contributed by atoms with E-state index in [0.29, 0.717) is 10.0 Å². The fourth-order valence-electron chi connectivity index (χ4n) is 1.40. The van der Waals surface area contributed by atoms with Crippen LogP contribution in [0.4, 0.5) is 0 Å². The van der Waals surface area contributed by atoms with Crippen LogP contribution in [-0.2, 0) is 17.1 Å². The molecule has 2 rings (SSSR count). The van der Waals surface area contributed by atoms with Crippen LogP contribution in [0, 0.1) is 0 Å². The molecule has 4 nitrogen and oxygen atoms in total. The van der Waals surface area contributed by atoms with Crippen LogP contribution in [0.5, 0.6) is 0 Å². The molecule has 1 N–H and O–H groups in total. The zero-order valence-corrected chi connectivity index (χ0v) is 15.3. The Hall–Kier alpha value is -0.791. The van der Waals surface area contributed by atoms with Gasteiger partial charge in [-0.15, -0.1) is 17.0 Å². The fourth-order valence-corrected chi connectivity index (χ4v) is 1.58. The maximum atomic E-state index is 5.08. The van der Waals surface area contributed by atoms with Gasteiger partial charge in [0.2, 0.25) is 0 Å². The van der Waals surface area contributed by atoms with Gasteiger partial charge in [-0.3, -0.25) is 15.4 Å². The summed E-state index contributed by atoms with van der Waals surface area (Å²) < 4.78 is 0.601. The second-order valence-electron chi connectivity index (χ2n) is 3.49. The summed E-state index contributed by atoms with van der Waals surface area (Å²) in [5.41, 5.74) is 4.99. The molecule has 0 aliphatic heterocycles. The minimum absolute atomic E-state index is 0. The van der Waals surface area contributed by atoms with Crippen molar-refractivity contribution >= 4 is 51.0 Å². The van der Waals surface area contributed by atoms with Crippen LogP contribution < -0.4 is 5.43 Å². The van der Waals surface area contributed by atoms with Gasteiger partial charge in [-0.2, -0.15) is 5.10 Å². The van der Waals surface area contributed by atoms with Gasteiger partial charge in [0.15, 0.2) is 4.32 Å². The molecule has 0 aromatic carbocycles. The number of thioether (sulfide) groups is 1. The third-order valence-electron chi connectivity index (χ3n) is 2.26. The van der Waals surface area contributed by atoms with Crippen molar-refractivity contribution < 1.29 is 17.1 Å². The molecule has 2 heterocycles. The van der Waals surface area contributed by atoms with E-state index < -0.39 is 0 Å². The molecule has 0 amide bonds. The van der Waals surface area contributed by atoms with Crippen LogP contribution in [0.15, 0.2) is 53.9 Å². The molecule has 0 atom stereocenters. The topological polar surface area (TPSA) is 50.2 Å². The summed E-state index contributed by atoms with van der Waals surface area (Å²) in [5.74, 6) is 0. The summed E-state index contributed by atoms with van der Waals surface area (Å²) in [6.07, 6.45) is 5.34. The van der Waals surface area contributed by atoms with E-state index in [9.17, 15) is 0 Å². The Bertz CT molecular complexity index is 540. The van der Waals surface area contributed by atoms with E-state index in [1.807, 2.05) is 42.7 Å². The number of rotatable bonds is 3. The average Bonchev–Trinajstić information content (AvgIpc) is 2.49. The predicted octanol–water partition coefficient (Wildman–Crippen LogP) is 3.04. The number of halogens is 1. The average molecular weight is 433 g/mol. The molecule has 0 unspecified atom stereocenters. The van der Waals surface area contributed by atoms with Gasteiger partial charge < -0.3 is 0 Å². The quantitative estimate of drug-likeness (QED) is 0.350. The molecular formula is C13H13BrCuN4S2+2. The number of aromatic nitrogens is 2. The van der Waals surface area contributed by atoms with Crippen molar-refractivity contribution in [2.24, 2.45) is 5.10 Å². The molecule has 0 aliphatic carbocycles. The Labute approximate surface area is 154 Å². The molecule has 1 radical (unpaired) electrons. The molecule has 0 aliphatic rings. The van der Waals surface area contributed by atoms with Crippen molar-refractivity contribution in [1.29, 1.82) is 0 Å². The van der Waals surface area contributed by atoms with E-state index in [0.717, 1.165) is 11.4 Å². The third kappa shape index (κ3) is 6.23. The van der Waals surface area contributed by atoms with Crippen molar-refractivity contribution in [1.82, 2.24) is 15.4 Å². The molecule has 8 heteroatoms. The Morgan fingerprint density at radius 1 is 1.10 bits per heavy atom. The first-order valence-corrected chi connectivity index (χ1v) is 7.19. The zero-order chi connectivity index (χ0) is 13.5. The molecule has 21 heavy (non-hydrogen) atoms. The van der Waals surface area contributed by atoms with Crippen molar-refractivity contribution in [3.05, 3.63) is 60.2 Å². The van der Waals surface area contributed by atoms with Gasteiger partial charge in [0.05, 0.1) is 11.4 Å². The Morgan fingerprint density at radius 2 is 1.62 bits per heavy atom. The minimum atomic E-state index is 0. The van der Waals surface area contributed by atoms with Crippen LogP contribution >= 0.6 is 41.0 Å². The monoisotopic (exact) mass is 431 g/mol. The van der Waals surface area contributed by atoms with Crippen LogP contribution in [0.2, 0.25) is 0 Å². The first kappa shape index (κ1) is 20.2. The number of hydrogen-bond acceptors (Lipinski definition) is 5. The first-order valence-electron chi connectivity index (χ1n) is 5.55. The minimum Gasteiger partial charge on any atom is -0.262 e. The zero-order valence-electron chi connectivity index (χ0n) is 11.0. The molecule has 2 aromatic heterocycles. The number of hydrogen-bond donors (Lipinski definition) is 1. The molecule has 0 bridgehead atoms. The van der Waals surface area contributed by atoms with Crippen molar-refractivity contribution in [3.63, 3.8) is 0 Å². The molecule has 113 valence electrons. The van der Waals surface area contributed by atoms with E-state index >= 15 is 0 Å². The number of hydrazone groups is 1.